The van der Waals surface area contributed by atoms with Crippen molar-refractivity contribution in [2.75, 3.05) is 18.5 Å². The summed E-state index contributed by atoms with van der Waals surface area (Å²) in [5, 5.41) is 11.1. The normalized spacial score (nSPS) is 16.4. The first kappa shape index (κ1) is 13.3. The van der Waals surface area contributed by atoms with Crippen molar-refractivity contribution in [3.05, 3.63) is 32.8 Å². The molecule has 0 spiro atoms. The number of nitrogens with zero attached hydrogens (tertiary/aromatic N) is 2. The second-order valence-corrected chi connectivity index (χ2v) is 5.56. The number of nitro groups is 1. The molecular formula is C12H16BrN3O2. The van der Waals surface area contributed by atoms with Crippen LogP contribution in [0.5, 0.6) is 0 Å². The molecule has 0 bridgehead atoms. The molecule has 18 heavy (non-hydrogen) atoms. The number of hydrogen-bond donors (Lipinski definition) is 1. The predicted octanol–water partition coefficient (Wildman–Crippen LogP) is 2.53. The summed E-state index contributed by atoms with van der Waals surface area (Å²) in [6, 6.07) is 5.17. The smallest absolute Gasteiger partial charge is 0.292 e. The molecule has 1 aliphatic carbocycles. The van der Waals surface area contributed by atoms with Gasteiger partial charge in [0.05, 0.1) is 4.92 Å². The van der Waals surface area contributed by atoms with Crippen molar-refractivity contribution < 1.29 is 4.92 Å². The maximum atomic E-state index is 11.1. The molecule has 6 heteroatoms. The molecular weight excluding hydrogens is 298 g/mol. The zero-order valence-electron chi connectivity index (χ0n) is 10.2. The Morgan fingerprint density at radius 2 is 2.28 bits per heavy atom. The van der Waals surface area contributed by atoms with Crippen LogP contribution in [0.2, 0.25) is 0 Å². The van der Waals surface area contributed by atoms with Gasteiger partial charge in [-0.3, -0.25) is 10.1 Å². The van der Waals surface area contributed by atoms with Crippen LogP contribution in [0.4, 0.5) is 11.4 Å². The molecule has 5 nitrogen and oxygen atoms in total. The van der Waals surface area contributed by atoms with Crippen molar-refractivity contribution >= 4 is 27.3 Å². The van der Waals surface area contributed by atoms with E-state index in [0.717, 1.165) is 17.3 Å². The summed E-state index contributed by atoms with van der Waals surface area (Å²) in [4.78, 5) is 12.7. The molecule has 0 radical (unpaired) electrons. The lowest BCUT2D eigenvalue weighted by molar-refractivity contribution is -0.384. The Labute approximate surface area is 114 Å². The van der Waals surface area contributed by atoms with Crippen LogP contribution in [0.25, 0.3) is 0 Å². The second-order valence-electron chi connectivity index (χ2n) is 4.64. The van der Waals surface area contributed by atoms with Crippen LogP contribution in [0.3, 0.4) is 0 Å². The number of hydrogen-bond acceptors (Lipinski definition) is 4. The summed E-state index contributed by atoms with van der Waals surface area (Å²) in [6.07, 6.45) is 2.32. The predicted molar refractivity (Wildman–Crippen MR) is 74.8 cm³/mol. The quantitative estimate of drug-likeness (QED) is 0.669. The van der Waals surface area contributed by atoms with E-state index in [4.69, 9.17) is 5.73 Å². The van der Waals surface area contributed by atoms with Crippen molar-refractivity contribution in [3.63, 3.8) is 0 Å². The fourth-order valence-electron chi connectivity index (χ4n) is 2.26. The molecule has 0 saturated heterocycles. The van der Waals surface area contributed by atoms with Crippen molar-refractivity contribution in [3.8, 4) is 0 Å². The number of anilines is 1. The lowest BCUT2D eigenvalue weighted by Crippen LogP contribution is -2.40. The lowest BCUT2D eigenvalue weighted by atomic mass is 10.1. The van der Waals surface area contributed by atoms with E-state index in [2.05, 4.69) is 15.9 Å². The van der Waals surface area contributed by atoms with Crippen LogP contribution in [-0.2, 0) is 0 Å². The van der Waals surface area contributed by atoms with E-state index < -0.39 is 0 Å². The summed E-state index contributed by atoms with van der Waals surface area (Å²) in [5.74, 6) is 0.568. The topological polar surface area (TPSA) is 72.4 Å². The third-order valence-corrected chi connectivity index (χ3v) is 3.91. The maximum absolute atomic E-state index is 11.1. The zero-order valence-corrected chi connectivity index (χ0v) is 11.8. The van der Waals surface area contributed by atoms with Gasteiger partial charge in [-0.25, -0.2) is 0 Å². The van der Waals surface area contributed by atoms with Gasteiger partial charge in [0, 0.05) is 30.2 Å². The van der Waals surface area contributed by atoms with Gasteiger partial charge in [-0.05, 0) is 30.9 Å². The Bertz CT molecular complexity index is 463. The molecule has 2 N–H and O–H groups in total. The summed E-state index contributed by atoms with van der Waals surface area (Å²) in [6.45, 7) is 0.519. The first-order valence-electron chi connectivity index (χ1n) is 5.91. The summed E-state index contributed by atoms with van der Waals surface area (Å²) in [7, 11) is 1.88. The summed E-state index contributed by atoms with van der Waals surface area (Å²) in [5.41, 5.74) is 6.54. The molecule has 1 unspecified atom stereocenters. The second kappa shape index (κ2) is 5.24. The van der Waals surface area contributed by atoms with E-state index in [9.17, 15) is 10.1 Å². The van der Waals surface area contributed by atoms with Gasteiger partial charge in [-0.2, -0.15) is 0 Å². The van der Waals surface area contributed by atoms with Crippen LogP contribution < -0.4 is 10.6 Å². The van der Waals surface area contributed by atoms with Crippen molar-refractivity contribution in [2.24, 2.45) is 11.7 Å². The largest absolute Gasteiger partial charge is 0.364 e. The molecule has 0 aliphatic heterocycles. The zero-order chi connectivity index (χ0) is 13.3. The van der Waals surface area contributed by atoms with Gasteiger partial charge in [0.2, 0.25) is 0 Å². The number of nitro benzene ring substituents is 1. The van der Waals surface area contributed by atoms with E-state index >= 15 is 0 Å². The molecule has 0 aromatic heterocycles. The maximum Gasteiger partial charge on any atom is 0.292 e. The van der Waals surface area contributed by atoms with Gasteiger partial charge >= 0.3 is 0 Å². The standard InChI is InChI=1S/C12H16BrN3O2/c1-15(12(7-14)8-2-3-8)11-6-9(13)4-5-10(11)16(17)18/h4-6,8,12H,2-3,7,14H2,1H3. The molecule has 1 aromatic carbocycles. The molecule has 1 atom stereocenters. The Morgan fingerprint density at radius 1 is 1.61 bits per heavy atom. The molecule has 0 heterocycles. The van der Waals surface area contributed by atoms with Gasteiger partial charge in [-0.1, -0.05) is 15.9 Å². The van der Waals surface area contributed by atoms with Gasteiger partial charge in [0.25, 0.3) is 5.69 Å². The highest BCUT2D eigenvalue weighted by molar-refractivity contribution is 9.10. The minimum Gasteiger partial charge on any atom is -0.364 e. The summed E-state index contributed by atoms with van der Waals surface area (Å²) >= 11 is 3.36. The fourth-order valence-corrected chi connectivity index (χ4v) is 2.61. The number of likely N-dealkylation sites (N-methyl/N-ethyl adjacent to an activating group) is 1. The third-order valence-electron chi connectivity index (χ3n) is 3.42. The number of rotatable bonds is 5. The molecule has 1 fully saturated rings. The highest BCUT2D eigenvalue weighted by atomic mass is 79.9. The molecule has 1 saturated carbocycles. The molecule has 98 valence electrons. The van der Waals surface area contributed by atoms with Gasteiger partial charge in [0.15, 0.2) is 0 Å². The SMILES string of the molecule is CN(c1cc(Br)ccc1[N+](=O)[O-])C(CN)C1CC1. The average Bonchev–Trinajstić information content (AvgIpc) is 3.13. The van der Waals surface area contributed by atoms with Crippen molar-refractivity contribution in [1.82, 2.24) is 0 Å². The number of nitrogens with two attached hydrogens (primary N) is 1. The monoisotopic (exact) mass is 313 g/mol. The lowest BCUT2D eigenvalue weighted by Gasteiger charge is -2.28. The van der Waals surface area contributed by atoms with Gasteiger partial charge < -0.3 is 10.6 Å². The average molecular weight is 314 g/mol. The van der Waals surface area contributed by atoms with Crippen LogP contribution >= 0.6 is 15.9 Å². The van der Waals surface area contributed by atoms with Crippen LogP contribution in [-0.4, -0.2) is 24.6 Å². The van der Waals surface area contributed by atoms with Gasteiger partial charge in [0.1, 0.15) is 5.69 Å². The number of benzene rings is 1. The number of halogens is 1. The Kier molecular flexibility index (Phi) is 3.87. The highest BCUT2D eigenvalue weighted by Crippen LogP contribution is 2.39. The van der Waals surface area contributed by atoms with Crippen molar-refractivity contribution in [2.45, 2.75) is 18.9 Å². The van der Waals surface area contributed by atoms with Gasteiger partial charge in [-0.15, -0.1) is 0 Å². The Balaban J connectivity index is 2.35. The molecule has 1 aliphatic rings. The van der Waals surface area contributed by atoms with Crippen LogP contribution in [0.15, 0.2) is 22.7 Å². The van der Waals surface area contributed by atoms with E-state index in [1.54, 1.807) is 12.1 Å². The minimum atomic E-state index is -0.348. The minimum absolute atomic E-state index is 0.125. The first-order chi connectivity index (χ1) is 8.54. The van der Waals surface area contributed by atoms with E-state index in [1.807, 2.05) is 11.9 Å². The summed E-state index contributed by atoms with van der Waals surface area (Å²) < 4.78 is 0.835. The Morgan fingerprint density at radius 3 is 2.78 bits per heavy atom. The molecule has 2 rings (SSSR count). The van der Waals surface area contributed by atoms with E-state index in [0.29, 0.717) is 18.2 Å². The van der Waals surface area contributed by atoms with E-state index in [-0.39, 0.29) is 16.7 Å². The van der Waals surface area contributed by atoms with Crippen molar-refractivity contribution in [1.29, 1.82) is 0 Å². The molecule has 1 aromatic rings. The molecule has 0 amide bonds. The van der Waals surface area contributed by atoms with Crippen LogP contribution in [0.1, 0.15) is 12.8 Å². The fraction of sp³-hybridized carbons (Fsp3) is 0.500. The van der Waals surface area contributed by atoms with E-state index in [1.165, 1.54) is 6.07 Å². The Hall–Kier alpha value is -1.14. The highest BCUT2D eigenvalue weighted by Gasteiger charge is 2.34. The van der Waals surface area contributed by atoms with Crippen LogP contribution in [0, 0.1) is 16.0 Å². The third kappa shape index (κ3) is 2.64. The first-order valence-corrected chi connectivity index (χ1v) is 6.70.